The SMILES string of the molecule is CO/N=C/c1cccc([C@]23CCC(N(CCN(C(C)C)C(C)C)C(=O)Nc4ccc(F)c(Cl)c4)CC2C3)c1. The van der Waals surface area contributed by atoms with Gasteiger partial charge in [-0.25, -0.2) is 9.18 Å². The van der Waals surface area contributed by atoms with Gasteiger partial charge in [-0.1, -0.05) is 35.0 Å². The third-order valence-electron chi connectivity index (χ3n) is 8.28. The number of fused-ring (bicyclic) bond motifs is 1. The summed E-state index contributed by atoms with van der Waals surface area (Å²) in [5, 5.41) is 6.89. The number of carbonyl (C=O) groups is 1. The second-order valence-electron chi connectivity index (χ2n) is 11.2. The predicted molar refractivity (Wildman–Crippen MR) is 153 cm³/mol. The van der Waals surface area contributed by atoms with Gasteiger partial charge >= 0.3 is 6.03 Å². The lowest BCUT2D eigenvalue weighted by atomic mass is 9.80. The molecule has 2 aromatic rings. The molecule has 0 saturated heterocycles. The van der Waals surface area contributed by atoms with Gasteiger partial charge in [-0.15, -0.1) is 0 Å². The van der Waals surface area contributed by atoms with E-state index >= 15 is 0 Å². The number of nitrogens with zero attached hydrogens (tertiary/aromatic N) is 3. The number of rotatable bonds is 10. The third kappa shape index (κ3) is 6.32. The van der Waals surface area contributed by atoms with Crippen molar-refractivity contribution in [2.24, 2.45) is 11.1 Å². The molecule has 0 bridgehead atoms. The molecule has 2 aliphatic carbocycles. The van der Waals surface area contributed by atoms with Gasteiger partial charge in [-0.05, 0) is 100 Å². The molecule has 2 fully saturated rings. The minimum absolute atomic E-state index is 0.00153. The maximum absolute atomic E-state index is 13.7. The second-order valence-corrected chi connectivity index (χ2v) is 11.6. The van der Waals surface area contributed by atoms with E-state index in [0.717, 1.165) is 37.8 Å². The van der Waals surface area contributed by atoms with Crippen LogP contribution < -0.4 is 5.32 Å². The molecule has 6 nitrogen and oxygen atoms in total. The highest BCUT2D eigenvalue weighted by atomic mass is 35.5. The van der Waals surface area contributed by atoms with Crippen LogP contribution >= 0.6 is 11.6 Å². The summed E-state index contributed by atoms with van der Waals surface area (Å²) in [5.74, 6) is 0.0404. The van der Waals surface area contributed by atoms with Crippen molar-refractivity contribution < 1.29 is 14.0 Å². The average molecular weight is 543 g/mol. The maximum Gasteiger partial charge on any atom is 0.322 e. The minimum Gasteiger partial charge on any atom is -0.399 e. The molecule has 0 heterocycles. The fourth-order valence-electron chi connectivity index (χ4n) is 6.24. The fraction of sp³-hybridized carbons (Fsp3) is 0.533. The average Bonchev–Trinajstić information content (AvgIpc) is 3.62. The molecule has 3 atom stereocenters. The molecule has 1 N–H and O–H groups in total. The molecular formula is C30H40ClFN4O2. The van der Waals surface area contributed by atoms with Crippen molar-refractivity contribution in [3.63, 3.8) is 0 Å². The van der Waals surface area contributed by atoms with E-state index in [2.05, 4.69) is 61.3 Å². The first-order chi connectivity index (χ1) is 18.1. The molecule has 8 heteroatoms. The lowest BCUT2D eigenvalue weighted by Crippen LogP contribution is -2.50. The Morgan fingerprint density at radius 3 is 2.63 bits per heavy atom. The van der Waals surface area contributed by atoms with Gasteiger partial charge in [0, 0.05) is 36.9 Å². The number of hydrogen-bond donors (Lipinski definition) is 1. The largest absolute Gasteiger partial charge is 0.399 e. The number of carbonyl (C=O) groups excluding carboxylic acids is 1. The van der Waals surface area contributed by atoms with Gasteiger partial charge in [-0.3, -0.25) is 4.90 Å². The van der Waals surface area contributed by atoms with E-state index in [1.165, 1.54) is 17.7 Å². The first-order valence-corrected chi connectivity index (χ1v) is 14.0. The van der Waals surface area contributed by atoms with Gasteiger partial charge in [0.1, 0.15) is 12.9 Å². The van der Waals surface area contributed by atoms with Gasteiger partial charge < -0.3 is 15.1 Å². The Labute approximate surface area is 231 Å². The van der Waals surface area contributed by atoms with E-state index in [9.17, 15) is 9.18 Å². The van der Waals surface area contributed by atoms with Gasteiger partial charge in [0.05, 0.1) is 11.2 Å². The monoisotopic (exact) mass is 542 g/mol. The molecule has 4 rings (SSSR count). The van der Waals surface area contributed by atoms with Crippen molar-refractivity contribution in [3.05, 3.63) is 64.4 Å². The highest BCUT2D eigenvalue weighted by Gasteiger charge is 2.58. The molecule has 2 saturated carbocycles. The Hall–Kier alpha value is -2.64. The molecule has 2 aliphatic rings. The number of urea groups is 1. The predicted octanol–water partition coefficient (Wildman–Crippen LogP) is 6.92. The van der Waals surface area contributed by atoms with Crippen molar-refractivity contribution in [3.8, 4) is 0 Å². The molecule has 38 heavy (non-hydrogen) atoms. The Morgan fingerprint density at radius 2 is 1.97 bits per heavy atom. The molecule has 206 valence electrons. The van der Waals surface area contributed by atoms with Crippen molar-refractivity contribution in [1.29, 1.82) is 0 Å². The van der Waals surface area contributed by atoms with Gasteiger partial charge in [-0.2, -0.15) is 0 Å². The fourth-order valence-corrected chi connectivity index (χ4v) is 6.43. The molecule has 2 unspecified atom stereocenters. The Kier molecular flexibility index (Phi) is 8.99. The van der Waals surface area contributed by atoms with Crippen molar-refractivity contribution in [2.45, 2.75) is 76.9 Å². The van der Waals surface area contributed by atoms with Crippen LogP contribution in [0.25, 0.3) is 0 Å². The smallest absolute Gasteiger partial charge is 0.322 e. The Balaban J connectivity index is 1.50. The first kappa shape index (κ1) is 28.4. The zero-order valence-electron chi connectivity index (χ0n) is 23.1. The highest BCUT2D eigenvalue weighted by molar-refractivity contribution is 6.31. The van der Waals surface area contributed by atoms with Crippen LogP contribution in [0.2, 0.25) is 5.02 Å². The van der Waals surface area contributed by atoms with E-state index < -0.39 is 5.82 Å². The summed E-state index contributed by atoms with van der Waals surface area (Å²) in [5.41, 5.74) is 3.07. The molecular weight excluding hydrogens is 503 g/mol. The van der Waals surface area contributed by atoms with Crippen LogP contribution in [0, 0.1) is 11.7 Å². The van der Waals surface area contributed by atoms with Crippen molar-refractivity contribution >= 4 is 29.5 Å². The van der Waals surface area contributed by atoms with Crippen molar-refractivity contribution in [1.82, 2.24) is 9.80 Å². The first-order valence-electron chi connectivity index (χ1n) is 13.6. The van der Waals surface area contributed by atoms with E-state index in [1.807, 2.05) is 11.0 Å². The second kappa shape index (κ2) is 12.0. The van der Waals surface area contributed by atoms with Gasteiger partial charge in [0.2, 0.25) is 0 Å². The zero-order chi connectivity index (χ0) is 27.4. The summed E-state index contributed by atoms with van der Waals surface area (Å²) < 4.78 is 13.7. The topological polar surface area (TPSA) is 57.2 Å². The van der Waals surface area contributed by atoms with Crippen LogP contribution in [0.5, 0.6) is 0 Å². The molecule has 0 spiro atoms. The summed E-state index contributed by atoms with van der Waals surface area (Å²) >= 11 is 5.97. The lowest BCUT2D eigenvalue weighted by molar-refractivity contribution is 0.120. The number of anilines is 1. The molecule has 0 aromatic heterocycles. The summed E-state index contributed by atoms with van der Waals surface area (Å²) in [6.07, 6.45) is 5.83. The summed E-state index contributed by atoms with van der Waals surface area (Å²) in [4.78, 5) is 22.9. The number of benzene rings is 2. The number of halogens is 2. The van der Waals surface area contributed by atoms with Crippen LogP contribution in [0.1, 0.15) is 64.5 Å². The third-order valence-corrected chi connectivity index (χ3v) is 8.57. The quantitative estimate of drug-likeness (QED) is 0.262. The number of oxime groups is 1. The maximum atomic E-state index is 13.7. The van der Waals surface area contributed by atoms with E-state index in [0.29, 0.717) is 30.2 Å². The van der Waals surface area contributed by atoms with Crippen LogP contribution in [0.4, 0.5) is 14.9 Å². The molecule has 0 aliphatic heterocycles. The van der Waals surface area contributed by atoms with Crippen LogP contribution in [0.3, 0.4) is 0 Å². The van der Waals surface area contributed by atoms with Crippen LogP contribution in [0.15, 0.2) is 47.6 Å². The van der Waals surface area contributed by atoms with Gasteiger partial charge in [0.25, 0.3) is 0 Å². The molecule has 0 radical (unpaired) electrons. The Morgan fingerprint density at radius 1 is 1.21 bits per heavy atom. The minimum atomic E-state index is -0.499. The summed E-state index contributed by atoms with van der Waals surface area (Å²) in [6.45, 7) is 10.2. The summed E-state index contributed by atoms with van der Waals surface area (Å²) in [6, 6.07) is 13.6. The van der Waals surface area contributed by atoms with Crippen LogP contribution in [-0.4, -0.2) is 60.4 Å². The van der Waals surface area contributed by atoms with E-state index in [-0.39, 0.29) is 22.5 Å². The zero-order valence-corrected chi connectivity index (χ0v) is 23.8. The summed E-state index contributed by atoms with van der Waals surface area (Å²) in [7, 11) is 1.55. The number of hydrogen-bond acceptors (Lipinski definition) is 4. The molecule has 2 aromatic carbocycles. The highest BCUT2D eigenvalue weighted by Crippen LogP contribution is 2.62. The normalized spacial score (nSPS) is 22.7. The van der Waals surface area contributed by atoms with Crippen molar-refractivity contribution in [2.75, 3.05) is 25.5 Å². The number of nitrogens with one attached hydrogen (secondary N) is 1. The van der Waals surface area contributed by atoms with E-state index in [4.69, 9.17) is 16.4 Å². The van der Waals surface area contributed by atoms with E-state index in [1.54, 1.807) is 19.4 Å². The van der Waals surface area contributed by atoms with Crippen LogP contribution in [-0.2, 0) is 10.3 Å². The van der Waals surface area contributed by atoms with Gasteiger partial charge in [0.15, 0.2) is 0 Å². The Bertz CT molecular complexity index is 1150. The number of amides is 2. The standard InChI is InChI=1S/C30H40ClFN4O2/c1-20(2)35(21(3)4)13-14-36(29(37)34-25-9-10-28(32)27(31)17-25)26-11-12-30(18-24(30)16-26)23-8-6-7-22(15-23)19-33-38-5/h6-10,15,17,19-21,24,26H,11-14,16,18H2,1-5H3,(H,34,37)/b33-19+/t24?,26?,30-/m1/s1. The lowest BCUT2D eigenvalue weighted by Gasteiger charge is -2.39. The molecule has 2 amide bonds.